The van der Waals surface area contributed by atoms with Crippen molar-refractivity contribution in [3.05, 3.63) is 90.6 Å². The zero-order chi connectivity index (χ0) is 30.6. The first-order valence-electron chi connectivity index (χ1n) is 15.1. The topological polar surface area (TPSA) is 92.2 Å². The molecule has 4 aromatic rings. The molecule has 2 atom stereocenters. The Kier molecular flexibility index (Phi) is 9.06. The van der Waals surface area contributed by atoms with E-state index in [1.165, 1.54) is 6.08 Å². The van der Waals surface area contributed by atoms with E-state index in [1.54, 1.807) is 12.3 Å². The molecule has 2 N–H and O–H groups in total. The fourth-order valence-electron chi connectivity index (χ4n) is 5.46. The SMILES string of the molecule is C=CC(=O)N1CCC[C@@H](n2c(NC(=O)c3ccc(-c4ccccc4)nc3)nc3cc(CN[C@@H](C)C(C)(C)C)ccc32)CC1. The van der Waals surface area contributed by atoms with Crippen molar-refractivity contribution < 1.29 is 9.59 Å². The molecule has 8 nitrogen and oxygen atoms in total. The van der Waals surface area contributed by atoms with E-state index in [2.05, 4.69) is 72.7 Å². The summed E-state index contributed by atoms with van der Waals surface area (Å²) in [6.45, 7) is 14.6. The van der Waals surface area contributed by atoms with Crippen LogP contribution in [0.1, 0.15) is 68.9 Å². The van der Waals surface area contributed by atoms with Gasteiger partial charge in [-0.2, -0.15) is 0 Å². The Morgan fingerprint density at radius 1 is 1.07 bits per heavy atom. The summed E-state index contributed by atoms with van der Waals surface area (Å²) in [5.74, 6) is 0.202. The molecule has 8 heteroatoms. The van der Waals surface area contributed by atoms with Crippen LogP contribution in [0, 0.1) is 5.41 Å². The van der Waals surface area contributed by atoms with E-state index in [0.29, 0.717) is 30.6 Å². The Morgan fingerprint density at radius 2 is 1.86 bits per heavy atom. The number of carbonyl (C=O) groups excluding carboxylic acids is 2. The molecule has 0 aliphatic carbocycles. The first-order chi connectivity index (χ1) is 20.6. The number of amides is 2. The zero-order valence-corrected chi connectivity index (χ0v) is 25.6. The molecule has 5 rings (SSSR count). The van der Waals surface area contributed by atoms with Gasteiger partial charge < -0.3 is 14.8 Å². The molecule has 43 heavy (non-hydrogen) atoms. The number of rotatable bonds is 8. The average Bonchev–Trinajstić information content (AvgIpc) is 3.18. The van der Waals surface area contributed by atoms with Crippen LogP contribution in [0.3, 0.4) is 0 Å². The summed E-state index contributed by atoms with van der Waals surface area (Å²) in [5, 5.41) is 6.72. The van der Waals surface area contributed by atoms with Crippen LogP contribution in [0.25, 0.3) is 22.3 Å². The molecule has 3 heterocycles. The minimum absolute atomic E-state index is 0.0438. The third-order valence-electron chi connectivity index (χ3n) is 8.53. The Balaban J connectivity index is 1.43. The molecule has 1 saturated heterocycles. The highest BCUT2D eigenvalue weighted by molar-refractivity contribution is 6.04. The lowest BCUT2D eigenvalue weighted by atomic mass is 9.88. The quantitative estimate of drug-likeness (QED) is 0.230. The fraction of sp³-hybridized carbons (Fsp3) is 0.371. The van der Waals surface area contributed by atoms with Gasteiger partial charge in [0.25, 0.3) is 5.91 Å². The molecular formula is C35H42N6O2. The average molecular weight is 579 g/mol. The number of imidazole rings is 1. The fourth-order valence-corrected chi connectivity index (χ4v) is 5.46. The maximum absolute atomic E-state index is 13.5. The predicted molar refractivity (Wildman–Crippen MR) is 173 cm³/mol. The number of nitrogens with zero attached hydrogens (tertiary/aromatic N) is 4. The molecule has 1 fully saturated rings. The number of aromatic nitrogens is 3. The van der Waals surface area contributed by atoms with Crippen molar-refractivity contribution in [2.24, 2.45) is 5.41 Å². The van der Waals surface area contributed by atoms with Gasteiger partial charge >= 0.3 is 0 Å². The zero-order valence-electron chi connectivity index (χ0n) is 25.6. The number of hydrogen-bond acceptors (Lipinski definition) is 5. The second kappa shape index (κ2) is 12.9. The number of nitrogens with one attached hydrogen (secondary N) is 2. The molecule has 224 valence electrons. The maximum Gasteiger partial charge on any atom is 0.259 e. The summed E-state index contributed by atoms with van der Waals surface area (Å²) >= 11 is 0. The van der Waals surface area contributed by atoms with E-state index < -0.39 is 0 Å². The third kappa shape index (κ3) is 7.03. The lowest BCUT2D eigenvalue weighted by Gasteiger charge is -2.28. The monoisotopic (exact) mass is 578 g/mol. The van der Waals surface area contributed by atoms with Gasteiger partial charge in [-0.25, -0.2) is 4.98 Å². The maximum atomic E-state index is 13.5. The summed E-state index contributed by atoms with van der Waals surface area (Å²) in [4.78, 5) is 37.1. The van der Waals surface area contributed by atoms with Crippen molar-refractivity contribution in [2.75, 3.05) is 18.4 Å². The summed E-state index contributed by atoms with van der Waals surface area (Å²) in [5.41, 5.74) is 5.35. The van der Waals surface area contributed by atoms with Crippen molar-refractivity contribution >= 4 is 28.8 Å². The summed E-state index contributed by atoms with van der Waals surface area (Å²) < 4.78 is 2.15. The Bertz CT molecular complexity index is 1590. The molecule has 0 saturated carbocycles. The van der Waals surface area contributed by atoms with E-state index in [1.807, 2.05) is 41.3 Å². The van der Waals surface area contributed by atoms with Gasteiger partial charge in [-0.3, -0.25) is 19.9 Å². The lowest BCUT2D eigenvalue weighted by molar-refractivity contribution is -0.125. The molecule has 0 spiro atoms. The molecule has 0 bridgehead atoms. The Morgan fingerprint density at radius 3 is 2.56 bits per heavy atom. The van der Waals surface area contributed by atoms with Gasteiger partial charge in [-0.15, -0.1) is 0 Å². The van der Waals surface area contributed by atoms with E-state index in [0.717, 1.165) is 53.7 Å². The van der Waals surface area contributed by atoms with Crippen molar-refractivity contribution in [3.63, 3.8) is 0 Å². The molecule has 0 unspecified atom stereocenters. The smallest absolute Gasteiger partial charge is 0.259 e. The Labute approximate surface area is 254 Å². The number of anilines is 1. The highest BCUT2D eigenvalue weighted by atomic mass is 16.2. The minimum Gasteiger partial charge on any atom is -0.339 e. The van der Waals surface area contributed by atoms with Gasteiger partial charge in [-0.05, 0) is 67.5 Å². The molecule has 2 aromatic carbocycles. The van der Waals surface area contributed by atoms with Crippen LogP contribution in [-0.2, 0) is 11.3 Å². The molecule has 2 amide bonds. The van der Waals surface area contributed by atoms with E-state index in [9.17, 15) is 9.59 Å². The van der Waals surface area contributed by atoms with E-state index in [4.69, 9.17) is 4.98 Å². The van der Waals surface area contributed by atoms with Crippen molar-refractivity contribution in [2.45, 2.75) is 65.6 Å². The number of pyridine rings is 1. The number of likely N-dealkylation sites (tertiary alicyclic amines) is 1. The summed E-state index contributed by atoms with van der Waals surface area (Å²) in [7, 11) is 0. The second-order valence-electron chi connectivity index (χ2n) is 12.5. The van der Waals surface area contributed by atoms with Crippen LogP contribution >= 0.6 is 0 Å². The highest BCUT2D eigenvalue weighted by Crippen LogP contribution is 2.32. The number of hydrogen-bond donors (Lipinski definition) is 2. The first-order valence-corrected chi connectivity index (χ1v) is 15.1. The standard InChI is InChI=1S/C35H42N6O2/c1-6-32(42)40-19-10-13-28(18-20-40)41-31-17-14-25(22-36-24(2)35(3,4)5)21-30(31)38-34(41)39-33(43)27-15-16-29(37-23-27)26-11-8-7-9-12-26/h6-9,11-12,14-17,21,23-24,28,36H,1,10,13,18-20,22H2,2-5H3,(H,38,39,43)/t24-,28+/m0/s1. The summed E-state index contributed by atoms with van der Waals surface area (Å²) in [6, 6.07) is 20.3. The van der Waals surface area contributed by atoms with Crippen LogP contribution in [0.4, 0.5) is 5.95 Å². The molecular weight excluding hydrogens is 536 g/mol. The van der Waals surface area contributed by atoms with Crippen molar-refractivity contribution in [1.82, 2.24) is 24.8 Å². The normalized spacial score (nSPS) is 16.5. The van der Waals surface area contributed by atoms with Gasteiger partial charge in [0, 0.05) is 43.5 Å². The van der Waals surface area contributed by atoms with Crippen LogP contribution in [-0.4, -0.2) is 50.4 Å². The first kappa shape index (κ1) is 30.2. The minimum atomic E-state index is -0.262. The van der Waals surface area contributed by atoms with Gasteiger partial charge in [0.1, 0.15) is 0 Å². The largest absolute Gasteiger partial charge is 0.339 e. The molecule has 1 aliphatic heterocycles. The van der Waals surface area contributed by atoms with Crippen LogP contribution in [0.5, 0.6) is 0 Å². The molecule has 2 aromatic heterocycles. The number of benzene rings is 2. The number of fused-ring (bicyclic) bond motifs is 1. The molecule has 0 radical (unpaired) electrons. The van der Waals surface area contributed by atoms with Gasteiger partial charge in [0.2, 0.25) is 11.9 Å². The van der Waals surface area contributed by atoms with Crippen molar-refractivity contribution in [1.29, 1.82) is 0 Å². The van der Waals surface area contributed by atoms with Crippen LogP contribution < -0.4 is 10.6 Å². The summed E-state index contributed by atoms with van der Waals surface area (Å²) in [6.07, 6.45) is 5.47. The highest BCUT2D eigenvalue weighted by Gasteiger charge is 2.26. The van der Waals surface area contributed by atoms with Crippen LogP contribution in [0.2, 0.25) is 0 Å². The Hall–Kier alpha value is -4.30. The number of carbonyl (C=O) groups is 2. The third-order valence-corrected chi connectivity index (χ3v) is 8.53. The van der Waals surface area contributed by atoms with Crippen LogP contribution in [0.15, 0.2) is 79.5 Å². The molecule has 1 aliphatic rings. The second-order valence-corrected chi connectivity index (χ2v) is 12.5. The van der Waals surface area contributed by atoms with E-state index in [-0.39, 0.29) is 23.3 Å². The van der Waals surface area contributed by atoms with Crippen molar-refractivity contribution in [3.8, 4) is 11.3 Å². The van der Waals surface area contributed by atoms with Gasteiger partial charge in [0.05, 0.1) is 22.3 Å². The van der Waals surface area contributed by atoms with Gasteiger partial charge in [0.15, 0.2) is 0 Å². The lowest BCUT2D eigenvalue weighted by Crippen LogP contribution is -2.37. The predicted octanol–water partition coefficient (Wildman–Crippen LogP) is 6.61. The van der Waals surface area contributed by atoms with E-state index >= 15 is 0 Å². The van der Waals surface area contributed by atoms with Gasteiger partial charge in [-0.1, -0.05) is 63.7 Å².